The van der Waals surface area contributed by atoms with Crippen LogP contribution in [0.4, 0.5) is 11.4 Å². The summed E-state index contributed by atoms with van der Waals surface area (Å²) in [4.78, 5) is 37.2. The normalized spacial score (nSPS) is 19.0. The minimum absolute atomic E-state index is 0.0431. The molecule has 2 aliphatic rings. The van der Waals surface area contributed by atoms with Crippen molar-refractivity contribution in [1.82, 2.24) is 0 Å². The summed E-state index contributed by atoms with van der Waals surface area (Å²) >= 11 is 0. The fourth-order valence-corrected chi connectivity index (χ4v) is 3.30. The Morgan fingerprint density at radius 2 is 1.73 bits per heavy atom. The molecule has 2 fully saturated rings. The second-order valence-corrected chi connectivity index (χ2v) is 6.04. The molecule has 1 aromatic rings. The molecule has 1 saturated carbocycles. The highest BCUT2D eigenvalue weighted by Crippen LogP contribution is 2.31. The Kier molecular flexibility index (Phi) is 4.22. The van der Waals surface area contributed by atoms with E-state index in [9.17, 15) is 14.4 Å². The average molecular weight is 300 g/mol. The molecule has 0 bridgehead atoms. The summed E-state index contributed by atoms with van der Waals surface area (Å²) in [7, 11) is 0. The van der Waals surface area contributed by atoms with Crippen LogP contribution in [0.15, 0.2) is 24.3 Å². The first kappa shape index (κ1) is 14.8. The smallest absolute Gasteiger partial charge is 0.234 e. The summed E-state index contributed by atoms with van der Waals surface area (Å²) < 4.78 is 0. The molecule has 1 aliphatic carbocycles. The third-order valence-corrected chi connectivity index (χ3v) is 4.42. The number of amides is 3. The van der Waals surface area contributed by atoms with E-state index in [-0.39, 0.29) is 30.6 Å². The van der Waals surface area contributed by atoms with E-state index in [2.05, 4.69) is 5.32 Å². The zero-order valence-corrected chi connectivity index (χ0v) is 12.5. The molecular weight excluding hydrogens is 280 g/mol. The number of hydrogen-bond donors (Lipinski definition) is 1. The number of anilines is 2. The van der Waals surface area contributed by atoms with Crippen LogP contribution in [0.2, 0.25) is 0 Å². The standard InChI is InChI=1S/C17H20N2O3/c20-15(11-12-5-1-2-6-12)18-13-7-3-4-8-14(13)19-16(21)9-10-17(19)22/h3-4,7-8,12H,1-2,5-6,9-11H2,(H,18,20). The lowest BCUT2D eigenvalue weighted by atomic mass is 10.0. The van der Waals surface area contributed by atoms with E-state index in [0.29, 0.717) is 23.7 Å². The van der Waals surface area contributed by atoms with Crippen molar-refractivity contribution in [1.29, 1.82) is 0 Å². The van der Waals surface area contributed by atoms with Gasteiger partial charge < -0.3 is 5.32 Å². The van der Waals surface area contributed by atoms with E-state index >= 15 is 0 Å². The number of imide groups is 1. The molecule has 3 rings (SSSR count). The van der Waals surface area contributed by atoms with Crippen LogP contribution in [0.1, 0.15) is 44.9 Å². The number of hydrogen-bond acceptors (Lipinski definition) is 3. The number of rotatable bonds is 4. The Bertz CT molecular complexity index is 590. The highest BCUT2D eigenvalue weighted by molar-refractivity contribution is 6.21. The van der Waals surface area contributed by atoms with Gasteiger partial charge in [0.15, 0.2) is 0 Å². The molecule has 5 heteroatoms. The maximum Gasteiger partial charge on any atom is 0.234 e. The van der Waals surface area contributed by atoms with Gasteiger partial charge in [0.1, 0.15) is 0 Å². The van der Waals surface area contributed by atoms with Crippen molar-refractivity contribution >= 4 is 29.1 Å². The SMILES string of the molecule is O=C(CC1CCCC1)Nc1ccccc1N1C(=O)CCC1=O. The van der Waals surface area contributed by atoms with Gasteiger partial charge in [-0.2, -0.15) is 0 Å². The van der Waals surface area contributed by atoms with E-state index in [1.165, 1.54) is 17.7 Å². The zero-order valence-electron chi connectivity index (χ0n) is 12.5. The second kappa shape index (κ2) is 6.30. The first-order chi connectivity index (χ1) is 10.6. The summed E-state index contributed by atoms with van der Waals surface area (Å²) in [6, 6.07) is 6.99. The van der Waals surface area contributed by atoms with E-state index in [4.69, 9.17) is 0 Å². The van der Waals surface area contributed by atoms with Crippen LogP contribution in [0.3, 0.4) is 0 Å². The minimum Gasteiger partial charge on any atom is -0.324 e. The molecule has 1 saturated heterocycles. The number of carbonyl (C=O) groups is 3. The molecule has 0 radical (unpaired) electrons. The van der Waals surface area contributed by atoms with Crippen molar-refractivity contribution in [3.8, 4) is 0 Å². The largest absolute Gasteiger partial charge is 0.324 e. The van der Waals surface area contributed by atoms with Crippen molar-refractivity contribution < 1.29 is 14.4 Å². The highest BCUT2D eigenvalue weighted by Gasteiger charge is 2.32. The lowest BCUT2D eigenvalue weighted by molar-refractivity contribution is -0.121. The third-order valence-electron chi connectivity index (χ3n) is 4.42. The number of benzene rings is 1. The Balaban J connectivity index is 1.75. The van der Waals surface area contributed by atoms with E-state index < -0.39 is 0 Å². The molecule has 3 amide bonds. The topological polar surface area (TPSA) is 66.5 Å². The number of para-hydroxylation sites is 2. The van der Waals surface area contributed by atoms with Gasteiger partial charge in [0.25, 0.3) is 0 Å². The average Bonchev–Trinajstić information content (AvgIpc) is 3.10. The molecule has 116 valence electrons. The van der Waals surface area contributed by atoms with E-state index in [1.807, 2.05) is 0 Å². The van der Waals surface area contributed by atoms with Crippen LogP contribution in [0.25, 0.3) is 0 Å². The summed E-state index contributed by atoms with van der Waals surface area (Å²) in [6.45, 7) is 0. The number of nitrogens with zero attached hydrogens (tertiary/aromatic N) is 1. The molecule has 0 aromatic heterocycles. The Labute approximate surface area is 129 Å². The quantitative estimate of drug-likeness (QED) is 0.869. The molecule has 0 atom stereocenters. The molecule has 1 aromatic carbocycles. The van der Waals surface area contributed by atoms with Crippen molar-refractivity contribution in [3.63, 3.8) is 0 Å². The summed E-state index contributed by atoms with van der Waals surface area (Å²) in [5.41, 5.74) is 1.02. The van der Waals surface area contributed by atoms with Crippen molar-refractivity contribution in [2.45, 2.75) is 44.9 Å². The fraction of sp³-hybridized carbons (Fsp3) is 0.471. The summed E-state index contributed by atoms with van der Waals surface area (Å²) in [5.74, 6) is 0.00522. The first-order valence-corrected chi connectivity index (χ1v) is 7.90. The lowest BCUT2D eigenvalue weighted by Gasteiger charge is -2.19. The second-order valence-electron chi connectivity index (χ2n) is 6.04. The molecule has 0 unspecified atom stereocenters. The maximum atomic E-state index is 12.2. The first-order valence-electron chi connectivity index (χ1n) is 7.90. The molecule has 5 nitrogen and oxygen atoms in total. The van der Waals surface area contributed by atoms with Crippen LogP contribution in [-0.2, 0) is 14.4 Å². The fourth-order valence-electron chi connectivity index (χ4n) is 3.30. The van der Waals surface area contributed by atoms with Gasteiger partial charge in [-0.1, -0.05) is 25.0 Å². The van der Waals surface area contributed by atoms with Gasteiger partial charge in [-0.3, -0.25) is 14.4 Å². The highest BCUT2D eigenvalue weighted by atomic mass is 16.2. The van der Waals surface area contributed by atoms with Crippen molar-refractivity contribution in [2.75, 3.05) is 10.2 Å². The van der Waals surface area contributed by atoms with Crippen molar-refractivity contribution in [2.24, 2.45) is 5.92 Å². The predicted molar refractivity (Wildman–Crippen MR) is 83.4 cm³/mol. The van der Waals surface area contributed by atoms with E-state index in [1.54, 1.807) is 24.3 Å². The van der Waals surface area contributed by atoms with Gasteiger partial charge >= 0.3 is 0 Å². The van der Waals surface area contributed by atoms with Crippen LogP contribution >= 0.6 is 0 Å². The van der Waals surface area contributed by atoms with Gasteiger partial charge in [-0.15, -0.1) is 0 Å². The molecule has 1 N–H and O–H groups in total. The summed E-state index contributed by atoms with van der Waals surface area (Å²) in [6.07, 6.45) is 5.61. The van der Waals surface area contributed by atoms with Crippen LogP contribution in [0.5, 0.6) is 0 Å². The Morgan fingerprint density at radius 1 is 1.09 bits per heavy atom. The van der Waals surface area contributed by atoms with Crippen molar-refractivity contribution in [3.05, 3.63) is 24.3 Å². The zero-order chi connectivity index (χ0) is 15.5. The molecule has 1 aliphatic heterocycles. The van der Waals surface area contributed by atoms with Gasteiger partial charge in [0.2, 0.25) is 17.7 Å². The van der Waals surface area contributed by atoms with Crippen LogP contribution in [0, 0.1) is 5.92 Å². The predicted octanol–water partition coefficient (Wildman–Crippen LogP) is 2.86. The number of carbonyl (C=O) groups excluding carboxylic acids is 3. The Hall–Kier alpha value is -2.17. The third kappa shape index (κ3) is 3.03. The molecule has 1 heterocycles. The minimum atomic E-state index is -0.206. The monoisotopic (exact) mass is 300 g/mol. The molecule has 0 spiro atoms. The van der Waals surface area contributed by atoms with Gasteiger partial charge in [-0.25, -0.2) is 4.90 Å². The van der Waals surface area contributed by atoms with Gasteiger partial charge in [0, 0.05) is 19.3 Å². The molecular formula is C17H20N2O3. The summed E-state index contributed by atoms with van der Waals surface area (Å²) in [5, 5.41) is 2.87. The van der Waals surface area contributed by atoms with E-state index in [0.717, 1.165) is 12.8 Å². The Morgan fingerprint density at radius 3 is 2.41 bits per heavy atom. The lowest BCUT2D eigenvalue weighted by Crippen LogP contribution is -2.30. The van der Waals surface area contributed by atoms with Gasteiger partial charge in [0.05, 0.1) is 11.4 Å². The maximum absolute atomic E-state index is 12.2. The van der Waals surface area contributed by atoms with Crippen LogP contribution in [-0.4, -0.2) is 17.7 Å². The molecule has 22 heavy (non-hydrogen) atoms. The van der Waals surface area contributed by atoms with Gasteiger partial charge in [-0.05, 0) is 30.9 Å². The number of nitrogens with one attached hydrogen (secondary N) is 1. The van der Waals surface area contributed by atoms with Crippen LogP contribution < -0.4 is 10.2 Å².